The molecule has 0 spiro atoms. The maximum atomic E-state index is 5.95. The quantitative estimate of drug-likeness (QED) is 0.471. The van der Waals surface area contributed by atoms with Crippen LogP contribution in [-0.4, -0.2) is 31.8 Å². The summed E-state index contributed by atoms with van der Waals surface area (Å²) >= 11 is 0. The van der Waals surface area contributed by atoms with E-state index in [9.17, 15) is 0 Å². The van der Waals surface area contributed by atoms with E-state index in [1.54, 1.807) is 7.11 Å². The molecule has 4 nitrogen and oxygen atoms in total. The van der Waals surface area contributed by atoms with Crippen LogP contribution in [-0.2, 0) is 11.2 Å². The van der Waals surface area contributed by atoms with Gasteiger partial charge in [0.2, 0.25) is 0 Å². The number of rotatable bonds is 4. The van der Waals surface area contributed by atoms with E-state index >= 15 is 0 Å². The average Bonchev–Trinajstić information content (AvgIpc) is 2.88. The standard InChI is InChI=1S/C15H21N3O.HI/c1-9(8-19-2)17-15(16)18-14-12-7-10-5-3-4-6-11(10)13(12)14;/h3-6,9,12-14H,7-8H2,1-2H3,(H3,16,17,18);1H. The molecule has 0 amide bonds. The van der Waals surface area contributed by atoms with Crippen LogP contribution in [0.15, 0.2) is 29.3 Å². The van der Waals surface area contributed by atoms with E-state index in [2.05, 4.69) is 34.6 Å². The van der Waals surface area contributed by atoms with Crippen molar-refractivity contribution in [2.75, 3.05) is 13.7 Å². The fourth-order valence-corrected chi connectivity index (χ4v) is 3.24. The van der Waals surface area contributed by atoms with Gasteiger partial charge in [0.05, 0.1) is 12.6 Å². The second-order valence-corrected chi connectivity index (χ2v) is 5.60. The van der Waals surface area contributed by atoms with E-state index < -0.39 is 0 Å². The molecule has 1 aromatic rings. The molecule has 0 saturated heterocycles. The summed E-state index contributed by atoms with van der Waals surface area (Å²) in [6, 6.07) is 9.25. The van der Waals surface area contributed by atoms with Crippen molar-refractivity contribution in [1.82, 2.24) is 5.32 Å². The Morgan fingerprint density at radius 2 is 2.25 bits per heavy atom. The molecule has 3 rings (SSSR count). The van der Waals surface area contributed by atoms with Crippen LogP contribution < -0.4 is 11.1 Å². The van der Waals surface area contributed by atoms with Gasteiger partial charge in [0.1, 0.15) is 0 Å². The van der Waals surface area contributed by atoms with Crippen molar-refractivity contribution in [2.24, 2.45) is 16.6 Å². The van der Waals surface area contributed by atoms with Gasteiger partial charge in [0.25, 0.3) is 0 Å². The molecule has 4 unspecified atom stereocenters. The minimum absolute atomic E-state index is 0. The lowest BCUT2D eigenvalue weighted by Crippen LogP contribution is -2.41. The number of aliphatic imine (C=N–C) groups is 1. The SMILES string of the molecule is COCC(C)NC(N)=NC1C2Cc3ccccc3C21.I. The molecule has 1 fully saturated rings. The third kappa shape index (κ3) is 2.93. The fourth-order valence-electron chi connectivity index (χ4n) is 3.24. The molecule has 0 radical (unpaired) electrons. The minimum Gasteiger partial charge on any atom is -0.383 e. The van der Waals surface area contributed by atoms with Crippen molar-refractivity contribution < 1.29 is 4.74 Å². The highest BCUT2D eigenvalue weighted by molar-refractivity contribution is 14.0. The molecule has 0 heterocycles. The molecule has 1 aromatic carbocycles. The molecule has 0 aromatic heterocycles. The molecule has 3 N–H and O–H groups in total. The predicted molar refractivity (Wildman–Crippen MR) is 91.7 cm³/mol. The van der Waals surface area contributed by atoms with Crippen molar-refractivity contribution >= 4 is 29.9 Å². The van der Waals surface area contributed by atoms with Crippen LogP contribution in [0.1, 0.15) is 24.0 Å². The summed E-state index contributed by atoms with van der Waals surface area (Å²) in [6.45, 7) is 2.67. The average molecular weight is 387 g/mol. The zero-order valence-corrected chi connectivity index (χ0v) is 14.2. The Bertz CT molecular complexity index is 506. The van der Waals surface area contributed by atoms with E-state index in [4.69, 9.17) is 10.5 Å². The van der Waals surface area contributed by atoms with Crippen LogP contribution in [0.4, 0.5) is 0 Å². The van der Waals surface area contributed by atoms with Gasteiger partial charge in [-0.2, -0.15) is 0 Å². The Kier molecular flexibility index (Phi) is 4.90. The number of nitrogens with zero attached hydrogens (tertiary/aromatic N) is 1. The zero-order chi connectivity index (χ0) is 13.4. The number of methoxy groups -OCH3 is 1. The van der Waals surface area contributed by atoms with E-state index in [0.29, 0.717) is 30.4 Å². The zero-order valence-electron chi connectivity index (χ0n) is 11.9. The van der Waals surface area contributed by atoms with Gasteiger partial charge in [-0.15, -0.1) is 24.0 Å². The Hall–Kier alpha value is -0.820. The molecule has 0 aliphatic heterocycles. The highest BCUT2D eigenvalue weighted by Gasteiger charge is 2.55. The summed E-state index contributed by atoms with van der Waals surface area (Å²) in [5.74, 6) is 1.80. The maximum Gasteiger partial charge on any atom is 0.189 e. The number of ether oxygens (including phenoxy) is 1. The lowest BCUT2D eigenvalue weighted by atomic mass is 10.1. The van der Waals surface area contributed by atoms with Gasteiger partial charge in [-0.1, -0.05) is 24.3 Å². The minimum atomic E-state index is 0. The summed E-state index contributed by atoms with van der Waals surface area (Å²) in [4.78, 5) is 4.62. The monoisotopic (exact) mass is 387 g/mol. The van der Waals surface area contributed by atoms with Gasteiger partial charge >= 0.3 is 0 Å². The summed E-state index contributed by atoms with van der Waals surface area (Å²) in [6.07, 6.45) is 1.15. The van der Waals surface area contributed by atoms with Gasteiger partial charge < -0.3 is 15.8 Å². The van der Waals surface area contributed by atoms with Gasteiger partial charge in [0, 0.05) is 19.1 Å². The molecular weight excluding hydrogens is 365 g/mol. The molecule has 0 bridgehead atoms. The summed E-state index contributed by atoms with van der Waals surface area (Å²) in [5, 5.41) is 3.17. The lowest BCUT2D eigenvalue weighted by Gasteiger charge is -2.13. The van der Waals surface area contributed by atoms with Crippen LogP contribution in [0.2, 0.25) is 0 Å². The summed E-state index contributed by atoms with van der Waals surface area (Å²) in [5.41, 5.74) is 8.91. The Morgan fingerprint density at radius 1 is 1.50 bits per heavy atom. The second-order valence-electron chi connectivity index (χ2n) is 5.60. The Labute approximate surface area is 137 Å². The molecule has 2 aliphatic carbocycles. The van der Waals surface area contributed by atoms with Crippen LogP contribution in [0.25, 0.3) is 0 Å². The number of halogens is 1. The molecule has 4 atom stereocenters. The predicted octanol–water partition coefficient (Wildman–Crippen LogP) is 1.88. The molecule has 1 saturated carbocycles. The highest BCUT2D eigenvalue weighted by atomic mass is 127. The number of hydrogen-bond acceptors (Lipinski definition) is 2. The fraction of sp³-hybridized carbons (Fsp3) is 0.533. The number of guanidine groups is 1. The summed E-state index contributed by atoms with van der Waals surface area (Å²) in [7, 11) is 1.69. The van der Waals surface area contributed by atoms with Crippen LogP contribution in [0.5, 0.6) is 0 Å². The van der Waals surface area contributed by atoms with Crippen LogP contribution in [0.3, 0.4) is 0 Å². The van der Waals surface area contributed by atoms with E-state index in [0.717, 1.165) is 6.42 Å². The van der Waals surface area contributed by atoms with Gasteiger partial charge in [-0.3, -0.25) is 0 Å². The maximum absolute atomic E-state index is 5.95. The van der Waals surface area contributed by atoms with Gasteiger partial charge in [0.15, 0.2) is 5.96 Å². The topological polar surface area (TPSA) is 59.6 Å². The first-order chi connectivity index (χ1) is 9.20. The van der Waals surface area contributed by atoms with Crippen LogP contribution >= 0.6 is 24.0 Å². The lowest BCUT2D eigenvalue weighted by molar-refractivity contribution is 0.179. The van der Waals surface area contributed by atoms with Crippen LogP contribution in [0, 0.1) is 5.92 Å². The first-order valence-electron chi connectivity index (χ1n) is 6.87. The number of nitrogens with one attached hydrogen (secondary N) is 1. The van der Waals surface area contributed by atoms with Gasteiger partial charge in [-0.25, -0.2) is 4.99 Å². The Balaban J connectivity index is 0.00000147. The van der Waals surface area contributed by atoms with Crippen molar-refractivity contribution in [3.05, 3.63) is 35.4 Å². The third-order valence-corrected chi connectivity index (χ3v) is 4.10. The molecule has 110 valence electrons. The molecule has 20 heavy (non-hydrogen) atoms. The molecular formula is C15H22IN3O. The Morgan fingerprint density at radius 3 is 3.00 bits per heavy atom. The number of nitrogens with two attached hydrogens (primary N) is 1. The van der Waals surface area contributed by atoms with Gasteiger partial charge in [-0.05, 0) is 30.4 Å². The number of benzene rings is 1. The van der Waals surface area contributed by atoms with Crippen molar-refractivity contribution in [2.45, 2.75) is 31.3 Å². The normalized spacial score (nSPS) is 28.1. The molecule has 5 heteroatoms. The smallest absolute Gasteiger partial charge is 0.189 e. The number of fused-ring (bicyclic) bond motifs is 3. The van der Waals surface area contributed by atoms with E-state index in [1.807, 2.05) is 6.92 Å². The van der Waals surface area contributed by atoms with Crippen molar-refractivity contribution in [3.8, 4) is 0 Å². The van der Waals surface area contributed by atoms with Crippen molar-refractivity contribution in [3.63, 3.8) is 0 Å². The summed E-state index contributed by atoms with van der Waals surface area (Å²) < 4.78 is 5.07. The first kappa shape index (κ1) is 15.6. The van der Waals surface area contributed by atoms with Crippen molar-refractivity contribution in [1.29, 1.82) is 0 Å². The largest absolute Gasteiger partial charge is 0.383 e. The van der Waals surface area contributed by atoms with E-state index in [1.165, 1.54) is 11.1 Å². The second kappa shape index (κ2) is 6.30. The number of hydrogen-bond donors (Lipinski definition) is 2. The van der Waals surface area contributed by atoms with E-state index in [-0.39, 0.29) is 30.0 Å². The molecule has 2 aliphatic rings. The highest BCUT2D eigenvalue weighted by Crippen LogP contribution is 2.57. The third-order valence-electron chi connectivity index (χ3n) is 4.10. The first-order valence-corrected chi connectivity index (χ1v) is 6.87.